The SMILES string of the molecule is CCc1nc(COc2ccc(C)cc2[N+](=O)[O-])cs1. The first-order valence-corrected chi connectivity index (χ1v) is 6.79. The quantitative estimate of drug-likeness (QED) is 0.620. The average molecular weight is 278 g/mol. The lowest BCUT2D eigenvalue weighted by Crippen LogP contribution is -2.00. The highest BCUT2D eigenvalue weighted by atomic mass is 32.1. The van der Waals surface area contributed by atoms with E-state index in [1.54, 1.807) is 23.5 Å². The molecule has 0 aliphatic rings. The Morgan fingerprint density at radius 3 is 2.89 bits per heavy atom. The summed E-state index contributed by atoms with van der Waals surface area (Å²) in [4.78, 5) is 14.9. The molecule has 0 aliphatic carbocycles. The summed E-state index contributed by atoms with van der Waals surface area (Å²) in [5.41, 5.74) is 1.63. The summed E-state index contributed by atoms with van der Waals surface area (Å²) in [7, 11) is 0. The van der Waals surface area contributed by atoms with Crippen LogP contribution in [0.1, 0.15) is 23.2 Å². The first kappa shape index (κ1) is 13.5. The highest BCUT2D eigenvalue weighted by Gasteiger charge is 2.15. The van der Waals surface area contributed by atoms with E-state index in [9.17, 15) is 10.1 Å². The van der Waals surface area contributed by atoms with Crippen LogP contribution in [0.4, 0.5) is 5.69 Å². The summed E-state index contributed by atoms with van der Waals surface area (Å²) < 4.78 is 5.50. The van der Waals surface area contributed by atoms with Crippen molar-refractivity contribution in [3.8, 4) is 5.75 Å². The maximum Gasteiger partial charge on any atom is 0.311 e. The van der Waals surface area contributed by atoms with E-state index in [4.69, 9.17) is 4.74 Å². The van der Waals surface area contributed by atoms with Crippen molar-refractivity contribution in [1.82, 2.24) is 4.98 Å². The molecule has 0 saturated carbocycles. The summed E-state index contributed by atoms with van der Waals surface area (Å²) in [5.74, 6) is 0.279. The maximum absolute atomic E-state index is 10.9. The molecule has 0 radical (unpaired) electrons. The van der Waals surface area contributed by atoms with Gasteiger partial charge >= 0.3 is 5.69 Å². The highest BCUT2D eigenvalue weighted by Crippen LogP contribution is 2.28. The number of hydrogen-bond acceptors (Lipinski definition) is 5. The van der Waals surface area contributed by atoms with Crippen LogP contribution in [0, 0.1) is 17.0 Å². The molecule has 1 aromatic carbocycles. The molecule has 0 unspecified atom stereocenters. The van der Waals surface area contributed by atoms with E-state index in [0.29, 0.717) is 0 Å². The Bertz CT molecular complexity index is 595. The molecule has 100 valence electrons. The minimum Gasteiger partial charge on any atom is -0.480 e. The number of ether oxygens (including phenoxy) is 1. The molecule has 19 heavy (non-hydrogen) atoms. The van der Waals surface area contributed by atoms with Gasteiger partial charge in [-0.2, -0.15) is 0 Å². The van der Waals surface area contributed by atoms with Gasteiger partial charge in [-0.15, -0.1) is 11.3 Å². The van der Waals surface area contributed by atoms with Crippen LogP contribution in [0.15, 0.2) is 23.6 Å². The largest absolute Gasteiger partial charge is 0.480 e. The van der Waals surface area contributed by atoms with Gasteiger partial charge in [0, 0.05) is 11.4 Å². The highest BCUT2D eigenvalue weighted by molar-refractivity contribution is 7.09. The molecule has 0 fully saturated rings. The van der Waals surface area contributed by atoms with Crippen molar-refractivity contribution >= 4 is 17.0 Å². The molecule has 0 bridgehead atoms. The Labute approximate surface area is 115 Å². The fraction of sp³-hybridized carbons (Fsp3) is 0.308. The summed E-state index contributed by atoms with van der Waals surface area (Å²) in [5, 5.41) is 13.9. The van der Waals surface area contributed by atoms with Crippen molar-refractivity contribution in [3.63, 3.8) is 0 Å². The summed E-state index contributed by atoms with van der Waals surface area (Å²) in [6, 6.07) is 4.93. The standard InChI is InChI=1S/C13H14N2O3S/c1-3-13-14-10(8-19-13)7-18-12-5-4-9(2)6-11(12)15(16)17/h4-6,8H,3,7H2,1-2H3. The van der Waals surface area contributed by atoms with Gasteiger partial charge in [-0.05, 0) is 25.0 Å². The van der Waals surface area contributed by atoms with E-state index in [-0.39, 0.29) is 18.0 Å². The molecule has 0 spiro atoms. The molecular formula is C13H14N2O3S. The molecule has 5 nitrogen and oxygen atoms in total. The predicted octanol–water partition coefficient (Wildman–Crippen LogP) is 3.50. The summed E-state index contributed by atoms with van der Waals surface area (Å²) in [6.45, 7) is 4.10. The van der Waals surface area contributed by atoms with Crippen LogP contribution < -0.4 is 4.74 Å². The monoisotopic (exact) mass is 278 g/mol. The van der Waals surface area contributed by atoms with Crippen molar-refractivity contribution in [2.24, 2.45) is 0 Å². The number of benzene rings is 1. The van der Waals surface area contributed by atoms with Crippen LogP contribution in [0.25, 0.3) is 0 Å². The van der Waals surface area contributed by atoms with Crippen molar-refractivity contribution in [1.29, 1.82) is 0 Å². The van der Waals surface area contributed by atoms with Crippen LogP contribution in [0.5, 0.6) is 5.75 Å². The zero-order valence-corrected chi connectivity index (χ0v) is 11.6. The van der Waals surface area contributed by atoms with Gasteiger partial charge in [-0.1, -0.05) is 13.0 Å². The second kappa shape index (κ2) is 5.79. The van der Waals surface area contributed by atoms with E-state index in [1.807, 2.05) is 19.2 Å². The third-order valence-electron chi connectivity index (χ3n) is 2.59. The number of aryl methyl sites for hydroxylation is 2. The molecular weight excluding hydrogens is 264 g/mol. The van der Waals surface area contributed by atoms with Crippen LogP contribution in [-0.4, -0.2) is 9.91 Å². The summed E-state index contributed by atoms with van der Waals surface area (Å²) >= 11 is 1.57. The molecule has 0 N–H and O–H groups in total. The number of nitrogens with zero attached hydrogens (tertiary/aromatic N) is 2. The maximum atomic E-state index is 10.9. The number of nitro groups is 1. The Kier molecular flexibility index (Phi) is 4.11. The van der Waals surface area contributed by atoms with Crippen LogP contribution in [-0.2, 0) is 13.0 Å². The molecule has 1 heterocycles. The number of thiazole rings is 1. The second-order valence-corrected chi connectivity index (χ2v) is 5.05. The lowest BCUT2D eigenvalue weighted by Gasteiger charge is -2.05. The number of rotatable bonds is 5. The van der Waals surface area contributed by atoms with Gasteiger partial charge in [0.15, 0.2) is 5.75 Å². The number of hydrogen-bond donors (Lipinski definition) is 0. The average Bonchev–Trinajstić information content (AvgIpc) is 2.85. The molecule has 2 rings (SSSR count). The predicted molar refractivity (Wildman–Crippen MR) is 73.7 cm³/mol. The van der Waals surface area contributed by atoms with E-state index in [1.165, 1.54) is 6.07 Å². The van der Waals surface area contributed by atoms with Crippen molar-refractivity contribution in [2.45, 2.75) is 26.9 Å². The van der Waals surface area contributed by atoms with Gasteiger partial charge in [0.2, 0.25) is 0 Å². The molecule has 0 saturated heterocycles. The van der Waals surface area contributed by atoms with Gasteiger partial charge in [-0.3, -0.25) is 10.1 Å². The van der Waals surface area contributed by atoms with Gasteiger partial charge < -0.3 is 4.74 Å². The Balaban J connectivity index is 2.12. The lowest BCUT2D eigenvalue weighted by atomic mass is 10.2. The van der Waals surface area contributed by atoms with E-state index >= 15 is 0 Å². The third-order valence-corrected chi connectivity index (χ3v) is 3.63. The molecule has 0 atom stereocenters. The van der Waals surface area contributed by atoms with Gasteiger partial charge in [0.05, 0.1) is 15.6 Å². The van der Waals surface area contributed by atoms with Crippen LogP contribution in [0.3, 0.4) is 0 Å². The molecule has 6 heteroatoms. The normalized spacial score (nSPS) is 10.4. The van der Waals surface area contributed by atoms with E-state index in [2.05, 4.69) is 4.98 Å². The van der Waals surface area contributed by atoms with Crippen molar-refractivity contribution in [2.75, 3.05) is 0 Å². The molecule has 2 aromatic rings. The molecule has 0 amide bonds. The van der Waals surface area contributed by atoms with Gasteiger partial charge in [-0.25, -0.2) is 4.98 Å². The first-order valence-electron chi connectivity index (χ1n) is 5.91. The first-order chi connectivity index (χ1) is 9.10. The van der Waals surface area contributed by atoms with Crippen molar-refractivity contribution < 1.29 is 9.66 Å². The van der Waals surface area contributed by atoms with Crippen LogP contribution in [0.2, 0.25) is 0 Å². The van der Waals surface area contributed by atoms with E-state index < -0.39 is 4.92 Å². The smallest absolute Gasteiger partial charge is 0.311 e. The van der Waals surface area contributed by atoms with Crippen LogP contribution >= 0.6 is 11.3 Å². The zero-order valence-electron chi connectivity index (χ0n) is 10.8. The number of aromatic nitrogens is 1. The zero-order chi connectivity index (χ0) is 13.8. The Hall–Kier alpha value is -1.95. The van der Waals surface area contributed by atoms with Gasteiger partial charge in [0.25, 0.3) is 0 Å². The Morgan fingerprint density at radius 2 is 2.26 bits per heavy atom. The minimum atomic E-state index is -0.430. The van der Waals surface area contributed by atoms with E-state index in [0.717, 1.165) is 22.7 Å². The fourth-order valence-electron chi connectivity index (χ4n) is 1.62. The Morgan fingerprint density at radius 1 is 1.47 bits per heavy atom. The fourth-order valence-corrected chi connectivity index (χ4v) is 2.35. The lowest BCUT2D eigenvalue weighted by molar-refractivity contribution is -0.386. The summed E-state index contributed by atoms with van der Waals surface area (Å²) in [6.07, 6.45) is 0.884. The third kappa shape index (κ3) is 3.29. The second-order valence-electron chi connectivity index (χ2n) is 4.10. The molecule has 0 aliphatic heterocycles. The van der Waals surface area contributed by atoms with Gasteiger partial charge in [0.1, 0.15) is 6.61 Å². The number of nitro benzene ring substituents is 1. The topological polar surface area (TPSA) is 65.3 Å². The molecule has 1 aromatic heterocycles. The van der Waals surface area contributed by atoms with Crippen molar-refractivity contribution in [3.05, 3.63) is 50.0 Å². The minimum absolute atomic E-state index is 0.00838.